The lowest BCUT2D eigenvalue weighted by atomic mass is 10.0. The van der Waals surface area contributed by atoms with E-state index in [4.69, 9.17) is 14.0 Å². The Kier molecular flexibility index (Phi) is 5.48. The lowest BCUT2D eigenvalue weighted by Crippen LogP contribution is -2.48. The van der Waals surface area contributed by atoms with Crippen molar-refractivity contribution in [2.75, 3.05) is 46.5 Å². The molecule has 0 saturated carbocycles. The van der Waals surface area contributed by atoms with E-state index < -0.39 is 0 Å². The molecule has 26 heavy (non-hydrogen) atoms. The third-order valence-corrected chi connectivity index (χ3v) is 5.29. The predicted molar refractivity (Wildman–Crippen MR) is 97.0 cm³/mol. The van der Waals surface area contributed by atoms with Gasteiger partial charge in [0.15, 0.2) is 0 Å². The van der Waals surface area contributed by atoms with Gasteiger partial charge in [0, 0.05) is 37.8 Å². The number of nitrogens with zero attached hydrogens (tertiary/aromatic N) is 4. The summed E-state index contributed by atoms with van der Waals surface area (Å²) in [5.41, 5.74) is 0.937. The van der Waals surface area contributed by atoms with Gasteiger partial charge in [0.05, 0.1) is 26.9 Å². The summed E-state index contributed by atoms with van der Waals surface area (Å²) in [6, 6.07) is 8.39. The summed E-state index contributed by atoms with van der Waals surface area (Å²) in [7, 11) is 1.66. The normalized spacial score (nSPS) is 20.3. The molecule has 2 saturated heterocycles. The molecule has 4 rings (SSSR count). The quantitative estimate of drug-likeness (QED) is 0.810. The van der Waals surface area contributed by atoms with Crippen molar-refractivity contribution in [3.05, 3.63) is 30.2 Å². The van der Waals surface area contributed by atoms with Crippen molar-refractivity contribution in [2.24, 2.45) is 0 Å². The van der Waals surface area contributed by atoms with Crippen LogP contribution in [0.1, 0.15) is 18.7 Å². The number of hydrogen-bond acceptors (Lipinski definition) is 7. The highest BCUT2D eigenvalue weighted by atomic mass is 16.5. The van der Waals surface area contributed by atoms with Crippen LogP contribution < -0.4 is 4.74 Å². The SMILES string of the molecule is COc1ccc(-c2noc(CN3CCC(N4CCOCC4)CC3)n2)cc1. The Bertz CT molecular complexity index is 689. The minimum Gasteiger partial charge on any atom is -0.497 e. The highest BCUT2D eigenvalue weighted by molar-refractivity contribution is 5.55. The molecule has 2 fully saturated rings. The molecule has 2 aliphatic heterocycles. The van der Waals surface area contributed by atoms with E-state index in [-0.39, 0.29) is 0 Å². The summed E-state index contributed by atoms with van der Waals surface area (Å²) in [4.78, 5) is 9.54. The van der Waals surface area contributed by atoms with Crippen LogP contribution in [-0.4, -0.2) is 72.5 Å². The van der Waals surface area contributed by atoms with Gasteiger partial charge >= 0.3 is 0 Å². The van der Waals surface area contributed by atoms with Gasteiger partial charge in [-0.25, -0.2) is 0 Å². The highest BCUT2D eigenvalue weighted by Crippen LogP contribution is 2.22. The maximum absolute atomic E-state index is 5.46. The molecular formula is C19H26N4O3. The van der Waals surface area contributed by atoms with E-state index in [9.17, 15) is 0 Å². The number of piperidine rings is 1. The van der Waals surface area contributed by atoms with Crippen molar-refractivity contribution in [2.45, 2.75) is 25.4 Å². The maximum Gasteiger partial charge on any atom is 0.241 e. The molecule has 1 aromatic carbocycles. The van der Waals surface area contributed by atoms with Crippen LogP contribution in [0.15, 0.2) is 28.8 Å². The first kappa shape index (κ1) is 17.5. The second kappa shape index (κ2) is 8.16. The molecule has 0 atom stereocenters. The maximum atomic E-state index is 5.46. The highest BCUT2D eigenvalue weighted by Gasteiger charge is 2.26. The monoisotopic (exact) mass is 358 g/mol. The topological polar surface area (TPSA) is 63.9 Å². The summed E-state index contributed by atoms with van der Waals surface area (Å²) in [5.74, 6) is 2.13. The molecule has 2 aliphatic rings. The number of benzene rings is 1. The fourth-order valence-electron chi connectivity index (χ4n) is 3.75. The smallest absolute Gasteiger partial charge is 0.241 e. The van der Waals surface area contributed by atoms with Gasteiger partial charge in [-0.1, -0.05) is 5.16 Å². The Morgan fingerprint density at radius 2 is 1.81 bits per heavy atom. The molecule has 0 spiro atoms. The van der Waals surface area contributed by atoms with E-state index in [2.05, 4.69) is 19.9 Å². The van der Waals surface area contributed by atoms with Crippen molar-refractivity contribution < 1.29 is 14.0 Å². The molecule has 0 amide bonds. The Morgan fingerprint density at radius 1 is 1.08 bits per heavy atom. The van der Waals surface area contributed by atoms with E-state index in [0.717, 1.165) is 57.3 Å². The minimum atomic E-state index is 0.630. The summed E-state index contributed by atoms with van der Waals surface area (Å²) < 4.78 is 16.1. The second-order valence-electron chi connectivity index (χ2n) is 6.90. The number of likely N-dealkylation sites (tertiary alicyclic amines) is 1. The van der Waals surface area contributed by atoms with Crippen LogP contribution in [0.4, 0.5) is 0 Å². The molecule has 0 bridgehead atoms. The number of hydrogen-bond donors (Lipinski definition) is 0. The van der Waals surface area contributed by atoms with E-state index >= 15 is 0 Å². The Morgan fingerprint density at radius 3 is 2.50 bits per heavy atom. The number of ether oxygens (including phenoxy) is 2. The first-order valence-electron chi connectivity index (χ1n) is 9.33. The van der Waals surface area contributed by atoms with E-state index in [0.29, 0.717) is 17.8 Å². The van der Waals surface area contributed by atoms with Gasteiger partial charge in [-0.05, 0) is 37.1 Å². The molecule has 2 aromatic rings. The van der Waals surface area contributed by atoms with Gasteiger partial charge in [-0.3, -0.25) is 9.80 Å². The van der Waals surface area contributed by atoms with Crippen molar-refractivity contribution in [1.82, 2.24) is 19.9 Å². The molecule has 0 N–H and O–H groups in total. The van der Waals surface area contributed by atoms with Crippen LogP contribution in [0.25, 0.3) is 11.4 Å². The Balaban J connectivity index is 1.30. The summed E-state index contributed by atoms with van der Waals surface area (Å²) in [6.07, 6.45) is 2.39. The third-order valence-electron chi connectivity index (χ3n) is 5.29. The predicted octanol–water partition coefficient (Wildman–Crippen LogP) is 2.04. The van der Waals surface area contributed by atoms with E-state index in [1.807, 2.05) is 24.3 Å². The van der Waals surface area contributed by atoms with Gasteiger partial charge < -0.3 is 14.0 Å². The first-order chi connectivity index (χ1) is 12.8. The van der Waals surface area contributed by atoms with Crippen LogP contribution in [0.3, 0.4) is 0 Å². The minimum absolute atomic E-state index is 0.630. The fraction of sp³-hybridized carbons (Fsp3) is 0.579. The average molecular weight is 358 g/mol. The van der Waals surface area contributed by atoms with Gasteiger partial charge in [-0.15, -0.1) is 0 Å². The van der Waals surface area contributed by atoms with Gasteiger partial charge in [0.2, 0.25) is 11.7 Å². The average Bonchev–Trinajstić information content (AvgIpc) is 3.18. The standard InChI is InChI=1S/C19H26N4O3/c1-24-17-4-2-15(3-5-17)19-20-18(26-21-19)14-22-8-6-16(7-9-22)23-10-12-25-13-11-23/h2-5,16H,6-14H2,1H3. The van der Waals surface area contributed by atoms with Crippen molar-refractivity contribution in [1.29, 1.82) is 0 Å². The van der Waals surface area contributed by atoms with Gasteiger partial charge in [0.1, 0.15) is 5.75 Å². The summed E-state index contributed by atoms with van der Waals surface area (Å²) in [6.45, 7) is 6.75. The fourth-order valence-corrected chi connectivity index (χ4v) is 3.75. The first-order valence-corrected chi connectivity index (χ1v) is 9.33. The van der Waals surface area contributed by atoms with Crippen molar-refractivity contribution in [3.8, 4) is 17.1 Å². The number of rotatable bonds is 5. The Hall–Kier alpha value is -1.96. The van der Waals surface area contributed by atoms with Crippen LogP contribution in [0.2, 0.25) is 0 Å². The molecule has 1 aromatic heterocycles. The second-order valence-corrected chi connectivity index (χ2v) is 6.90. The lowest BCUT2D eigenvalue weighted by molar-refractivity contribution is -0.000520. The summed E-state index contributed by atoms with van der Waals surface area (Å²) >= 11 is 0. The van der Waals surface area contributed by atoms with E-state index in [1.54, 1.807) is 7.11 Å². The zero-order valence-corrected chi connectivity index (χ0v) is 15.3. The van der Waals surface area contributed by atoms with Crippen molar-refractivity contribution >= 4 is 0 Å². The molecule has 7 heteroatoms. The molecule has 0 unspecified atom stereocenters. The number of morpholine rings is 1. The molecule has 3 heterocycles. The van der Waals surface area contributed by atoms with Crippen molar-refractivity contribution in [3.63, 3.8) is 0 Å². The molecule has 0 aliphatic carbocycles. The van der Waals surface area contributed by atoms with Crippen LogP contribution in [0.5, 0.6) is 5.75 Å². The molecule has 140 valence electrons. The molecule has 0 radical (unpaired) electrons. The van der Waals surface area contributed by atoms with Crippen LogP contribution in [0, 0.1) is 0 Å². The zero-order chi connectivity index (χ0) is 17.8. The Labute approximate surface area is 153 Å². The molecule has 7 nitrogen and oxygen atoms in total. The zero-order valence-electron chi connectivity index (χ0n) is 15.3. The summed E-state index contributed by atoms with van der Waals surface area (Å²) in [5, 5.41) is 4.12. The molecular weight excluding hydrogens is 332 g/mol. The van der Waals surface area contributed by atoms with Crippen LogP contribution >= 0.6 is 0 Å². The third kappa shape index (κ3) is 4.06. The van der Waals surface area contributed by atoms with E-state index in [1.165, 1.54) is 12.8 Å². The lowest BCUT2D eigenvalue weighted by Gasteiger charge is -2.39. The number of aromatic nitrogens is 2. The van der Waals surface area contributed by atoms with Gasteiger partial charge in [-0.2, -0.15) is 4.98 Å². The van der Waals surface area contributed by atoms with Gasteiger partial charge in [0.25, 0.3) is 0 Å². The van der Waals surface area contributed by atoms with Crippen LogP contribution in [-0.2, 0) is 11.3 Å². The number of methoxy groups -OCH3 is 1. The largest absolute Gasteiger partial charge is 0.497 e.